The topological polar surface area (TPSA) is 34.9 Å². The summed E-state index contributed by atoms with van der Waals surface area (Å²) in [6, 6.07) is 3.95. The van der Waals surface area contributed by atoms with Crippen LogP contribution in [0.1, 0.15) is 26.6 Å². The summed E-state index contributed by atoms with van der Waals surface area (Å²) in [5.41, 5.74) is 2.40. The van der Waals surface area contributed by atoms with Crippen LogP contribution in [0.15, 0.2) is 23.6 Å². The Morgan fingerprint density at radius 2 is 2.24 bits per heavy atom. The highest BCUT2D eigenvalue weighted by atomic mass is 32.1. The highest BCUT2D eigenvalue weighted by Gasteiger charge is 2.14. The number of aryl methyl sites for hydroxylation is 2. The van der Waals surface area contributed by atoms with Crippen LogP contribution in [0.4, 0.5) is 0 Å². The molecule has 0 atom stereocenters. The number of ketones is 1. The number of hydrogen-bond acceptors (Lipinski definition) is 3. The minimum atomic E-state index is 0.0153. The molecule has 0 N–H and O–H groups in total. The monoisotopic (exact) mass is 246 g/mol. The van der Waals surface area contributed by atoms with Gasteiger partial charge in [0.1, 0.15) is 0 Å². The second kappa shape index (κ2) is 4.67. The van der Waals surface area contributed by atoms with E-state index in [1.807, 2.05) is 44.5 Å². The molecule has 0 unspecified atom stereocenters. The van der Waals surface area contributed by atoms with Gasteiger partial charge in [-0.3, -0.25) is 9.48 Å². The fraction of sp³-hybridized carbons (Fsp3) is 0.231. The number of allylic oxidation sites excluding steroid dienone is 1. The molecule has 0 aliphatic heterocycles. The Balaban J connectivity index is 2.26. The van der Waals surface area contributed by atoms with Gasteiger partial charge in [0.15, 0.2) is 5.78 Å². The van der Waals surface area contributed by atoms with Crippen LogP contribution < -0.4 is 0 Å². The molecule has 0 spiro atoms. The number of thiophene rings is 1. The van der Waals surface area contributed by atoms with Gasteiger partial charge in [-0.1, -0.05) is 6.07 Å². The maximum atomic E-state index is 12.1. The Morgan fingerprint density at radius 3 is 2.76 bits per heavy atom. The Morgan fingerprint density at radius 1 is 1.47 bits per heavy atom. The van der Waals surface area contributed by atoms with Gasteiger partial charge in [0.25, 0.3) is 0 Å². The van der Waals surface area contributed by atoms with E-state index in [4.69, 9.17) is 0 Å². The van der Waals surface area contributed by atoms with E-state index in [1.54, 1.807) is 22.1 Å². The number of carbonyl (C=O) groups is 1. The first-order valence-corrected chi connectivity index (χ1v) is 6.23. The van der Waals surface area contributed by atoms with Gasteiger partial charge in [0, 0.05) is 17.6 Å². The van der Waals surface area contributed by atoms with Gasteiger partial charge in [-0.15, -0.1) is 11.3 Å². The summed E-state index contributed by atoms with van der Waals surface area (Å²) in [4.78, 5) is 13.1. The summed E-state index contributed by atoms with van der Waals surface area (Å²) in [7, 11) is 1.85. The number of hydrogen-bond donors (Lipinski definition) is 0. The molecule has 0 aliphatic rings. The molecule has 17 heavy (non-hydrogen) atoms. The maximum Gasteiger partial charge on any atom is 0.189 e. The van der Waals surface area contributed by atoms with Crippen molar-refractivity contribution < 1.29 is 4.79 Å². The molecule has 2 rings (SSSR count). The van der Waals surface area contributed by atoms with Crippen LogP contribution in [-0.2, 0) is 7.05 Å². The van der Waals surface area contributed by atoms with Crippen LogP contribution in [0.3, 0.4) is 0 Å². The smallest absolute Gasteiger partial charge is 0.189 e. The average Bonchev–Trinajstić information content (AvgIpc) is 2.86. The fourth-order valence-electron chi connectivity index (χ4n) is 1.76. The lowest BCUT2D eigenvalue weighted by Gasteiger charge is -1.96. The molecule has 0 saturated carbocycles. The van der Waals surface area contributed by atoms with E-state index in [0.717, 1.165) is 16.3 Å². The van der Waals surface area contributed by atoms with Gasteiger partial charge in [0.05, 0.1) is 11.3 Å². The summed E-state index contributed by atoms with van der Waals surface area (Å²) < 4.78 is 1.74. The lowest BCUT2D eigenvalue weighted by molar-refractivity contribution is 0.104. The second-order valence-electron chi connectivity index (χ2n) is 3.88. The van der Waals surface area contributed by atoms with E-state index in [1.165, 1.54) is 0 Å². The van der Waals surface area contributed by atoms with Crippen molar-refractivity contribution in [2.24, 2.45) is 7.05 Å². The van der Waals surface area contributed by atoms with Crippen molar-refractivity contribution in [1.29, 1.82) is 0 Å². The Labute approximate surface area is 104 Å². The normalized spacial score (nSPS) is 11.2. The van der Waals surface area contributed by atoms with Crippen molar-refractivity contribution in [2.75, 3.05) is 0 Å². The zero-order valence-corrected chi connectivity index (χ0v) is 10.9. The third-order valence-electron chi connectivity index (χ3n) is 2.70. The van der Waals surface area contributed by atoms with Gasteiger partial charge in [-0.25, -0.2) is 0 Å². The van der Waals surface area contributed by atoms with E-state index in [-0.39, 0.29) is 5.78 Å². The van der Waals surface area contributed by atoms with Crippen molar-refractivity contribution in [3.63, 3.8) is 0 Å². The molecule has 88 valence electrons. The molecule has 2 aromatic heterocycles. The summed E-state index contributed by atoms with van der Waals surface area (Å²) in [6.07, 6.45) is 3.46. The first-order chi connectivity index (χ1) is 8.09. The molecule has 0 fully saturated rings. The molecule has 2 aromatic rings. The lowest BCUT2D eigenvalue weighted by atomic mass is 10.1. The lowest BCUT2D eigenvalue weighted by Crippen LogP contribution is -1.99. The van der Waals surface area contributed by atoms with Crippen LogP contribution in [0, 0.1) is 13.8 Å². The molecule has 0 radical (unpaired) electrons. The predicted molar refractivity (Wildman–Crippen MR) is 70.4 cm³/mol. The molecule has 3 nitrogen and oxygen atoms in total. The summed E-state index contributed by atoms with van der Waals surface area (Å²) >= 11 is 1.61. The molecule has 4 heteroatoms. The number of aromatic nitrogens is 2. The second-order valence-corrected chi connectivity index (χ2v) is 4.86. The largest absolute Gasteiger partial charge is 0.289 e. The van der Waals surface area contributed by atoms with Crippen LogP contribution >= 0.6 is 11.3 Å². The predicted octanol–water partition coefficient (Wildman–Crippen LogP) is 2.99. The molecular weight excluding hydrogens is 232 g/mol. The van der Waals surface area contributed by atoms with E-state index in [0.29, 0.717) is 5.56 Å². The molecular formula is C13H14N2OS. The van der Waals surface area contributed by atoms with Crippen LogP contribution in [0.25, 0.3) is 6.08 Å². The Bertz CT molecular complexity index is 565. The highest BCUT2D eigenvalue weighted by molar-refractivity contribution is 7.10. The highest BCUT2D eigenvalue weighted by Crippen LogP contribution is 2.15. The third-order valence-corrected chi connectivity index (χ3v) is 3.54. The minimum absolute atomic E-state index is 0.0153. The van der Waals surface area contributed by atoms with Crippen molar-refractivity contribution in [2.45, 2.75) is 13.8 Å². The molecule has 0 saturated heterocycles. The first-order valence-electron chi connectivity index (χ1n) is 5.35. The molecule has 2 heterocycles. The van der Waals surface area contributed by atoms with Crippen LogP contribution in [0.5, 0.6) is 0 Å². The SMILES string of the molecule is Cc1nn(C)c(C)c1C(=O)/C=C\c1cccs1. The Hall–Kier alpha value is -1.68. The van der Waals surface area contributed by atoms with E-state index >= 15 is 0 Å². The fourth-order valence-corrected chi connectivity index (χ4v) is 2.38. The van der Waals surface area contributed by atoms with Crippen molar-refractivity contribution in [3.05, 3.63) is 45.4 Å². The summed E-state index contributed by atoms with van der Waals surface area (Å²) in [5.74, 6) is 0.0153. The number of nitrogens with zero attached hydrogens (tertiary/aromatic N) is 2. The molecule has 0 amide bonds. The maximum absolute atomic E-state index is 12.1. The van der Waals surface area contributed by atoms with E-state index in [9.17, 15) is 4.79 Å². The van der Waals surface area contributed by atoms with Crippen molar-refractivity contribution >= 4 is 23.2 Å². The third kappa shape index (κ3) is 2.36. The van der Waals surface area contributed by atoms with Crippen LogP contribution in [-0.4, -0.2) is 15.6 Å². The van der Waals surface area contributed by atoms with E-state index < -0.39 is 0 Å². The molecule has 0 aromatic carbocycles. The Kier molecular flexibility index (Phi) is 3.24. The standard InChI is InChI=1S/C13H14N2OS/c1-9-13(10(2)15(3)14-9)12(16)7-6-11-5-4-8-17-11/h4-8H,1-3H3/b7-6-. The number of rotatable bonds is 3. The van der Waals surface area contributed by atoms with Crippen LogP contribution in [0.2, 0.25) is 0 Å². The van der Waals surface area contributed by atoms with Gasteiger partial charge >= 0.3 is 0 Å². The van der Waals surface area contributed by atoms with Crippen molar-refractivity contribution in [3.8, 4) is 0 Å². The first kappa shape index (κ1) is 11.8. The summed E-state index contributed by atoms with van der Waals surface area (Å²) in [5, 5.41) is 6.23. The number of carbonyl (C=O) groups excluding carboxylic acids is 1. The minimum Gasteiger partial charge on any atom is -0.289 e. The van der Waals surface area contributed by atoms with Crippen molar-refractivity contribution in [1.82, 2.24) is 9.78 Å². The zero-order valence-electron chi connectivity index (χ0n) is 10.1. The van der Waals surface area contributed by atoms with Gasteiger partial charge in [-0.2, -0.15) is 5.10 Å². The van der Waals surface area contributed by atoms with Gasteiger partial charge in [0.2, 0.25) is 0 Å². The molecule has 0 aliphatic carbocycles. The van der Waals surface area contributed by atoms with E-state index in [2.05, 4.69) is 5.10 Å². The quantitative estimate of drug-likeness (QED) is 0.616. The average molecular weight is 246 g/mol. The molecule has 0 bridgehead atoms. The zero-order chi connectivity index (χ0) is 12.4. The van der Waals surface area contributed by atoms with Gasteiger partial charge < -0.3 is 0 Å². The van der Waals surface area contributed by atoms with Gasteiger partial charge in [-0.05, 0) is 37.4 Å². The summed E-state index contributed by atoms with van der Waals surface area (Å²) in [6.45, 7) is 3.77.